The van der Waals surface area contributed by atoms with Crippen LogP contribution in [0, 0.1) is 0 Å². The Bertz CT molecular complexity index is 357. The highest BCUT2D eigenvalue weighted by Gasteiger charge is 1.95. The molecule has 0 aromatic rings. The van der Waals surface area contributed by atoms with Gasteiger partial charge in [-0.1, -0.05) is 96.8 Å². The molecule has 0 aromatic heterocycles. The van der Waals surface area contributed by atoms with E-state index < -0.39 is 10.4 Å². The highest BCUT2D eigenvalue weighted by Crippen LogP contribution is 2.13. The lowest BCUT2D eigenvalue weighted by Crippen LogP contribution is -2.83. The lowest BCUT2D eigenvalue weighted by molar-refractivity contribution is -0.652. The number of unbranched alkanes of at least 4 members (excludes halogenated alkanes) is 15. The Morgan fingerprint density at radius 1 is 0.643 bits per heavy atom. The normalized spacial score (nSPS) is 11.3. The summed E-state index contributed by atoms with van der Waals surface area (Å²) in [5, 5.41) is 2.42. The summed E-state index contributed by atoms with van der Waals surface area (Å²) < 4.78 is 32.0. The van der Waals surface area contributed by atoms with Gasteiger partial charge in [0.2, 0.25) is 10.4 Å². The van der Waals surface area contributed by atoms with E-state index in [9.17, 15) is 13.0 Å². The Labute approximate surface area is 176 Å². The maximum atomic E-state index is 9.45. The van der Waals surface area contributed by atoms with Gasteiger partial charge in [-0.3, -0.25) is 4.18 Å². The van der Waals surface area contributed by atoms with E-state index in [-0.39, 0.29) is 6.61 Å². The van der Waals surface area contributed by atoms with E-state index in [2.05, 4.69) is 23.3 Å². The molecule has 0 aliphatic rings. The zero-order chi connectivity index (χ0) is 21.3. The molecule has 0 rings (SSSR count). The van der Waals surface area contributed by atoms with Crippen molar-refractivity contribution in [2.75, 3.05) is 19.7 Å². The molecule has 172 valence electrons. The summed E-state index contributed by atoms with van der Waals surface area (Å²) in [4.78, 5) is 0. The molecule has 0 heterocycles. The van der Waals surface area contributed by atoms with Crippen molar-refractivity contribution < 1.29 is 22.5 Å². The van der Waals surface area contributed by atoms with Gasteiger partial charge in [0.15, 0.2) is 0 Å². The van der Waals surface area contributed by atoms with Crippen LogP contribution in [0.5, 0.6) is 0 Å². The smallest absolute Gasteiger partial charge is 0.217 e. The van der Waals surface area contributed by atoms with Crippen LogP contribution in [0.4, 0.5) is 0 Å². The number of quaternary nitrogens is 1. The van der Waals surface area contributed by atoms with Crippen LogP contribution < -0.4 is 5.32 Å². The van der Waals surface area contributed by atoms with E-state index in [0.29, 0.717) is 0 Å². The van der Waals surface area contributed by atoms with Gasteiger partial charge in [0.1, 0.15) is 0 Å². The van der Waals surface area contributed by atoms with Gasteiger partial charge in [0.25, 0.3) is 0 Å². The quantitative estimate of drug-likeness (QED) is 0.163. The first-order valence-electron chi connectivity index (χ1n) is 11.9. The standard InChI is InChI=1S/C20H43N.C2H6O4S/c1-3-5-6-7-8-9-10-11-12-13-14-15-16-17-18-19-20-21-4-2;1-2-6-7(3,4)5/h21H,3-20H2,1-2H3;2H2,1H3,(H,3,4,5). The van der Waals surface area contributed by atoms with Gasteiger partial charge in [-0.25, -0.2) is 8.42 Å². The van der Waals surface area contributed by atoms with E-state index >= 15 is 0 Å². The average molecular weight is 424 g/mol. The summed E-state index contributed by atoms with van der Waals surface area (Å²) in [7, 11) is -4.42. The summed E-state index contributed by atoms with van der Waals surface area (Å²) in [5.74, 6) is 0. The maximum absolute atomic E-state index is 9.45. The summed E-state index contributed by atoms with van der Waals surface area (Å²) in [6, 6.07) is 0. The molecule has 0 spiro atoms. The first-order valence-corrected chi connectivity index (χ1v) is 13.2. The summed E-state index contributed by atoms with van der Waals surface area (Å²) in [5.41, 5.74) is 0. The van der Waals surface area contributed by atoms with Crippen molar-refractivity contribution in [3.8, 4) is 0 Å². The van der Waals surface area contributed by atoms with Gasteiger partial charge in [0, 0.05) is 0 Å². The molecule has 0 aliphatic carbocycles. The summed E-state index contributed by atoms with van der Waals surface area (Å²) in [6.07, 6.45) is 23.4. The Morgan fingerprint density at radius 3 is 1.25 bits per heavy atom. The molecule has 0 amide bonds. The molecular weight excluding hydrogens is 374 g/mol. The van der Waals surface area contributed by atoms with Crippen LogP contribution in [-0.2, 0) is 14.6 Å². The molecule has 0 fully saturated rings. The van der Waals surface area contributed by atoms with Crippen LogP contribution in [0.1, 0.15) is 124 Å². The molecule has 28 heavy (non-hydrogen) atoms. The molecule has 0 radical (unpaired) electrons. The van der Waals surface area contributed by atoms with Crippen molar-refractivity contribution in [2.45, 2.75) is 124 Å². The molecule has 0 atom stereocenters. The molecule has 5 nitrogen and oxygen atoms in total. The van der Waals surface area contributed by atoms with E-state index in [1.165, 1.54) is 123 Å². The highest BCUT2D eigenvalue weighted by atomic mass is 32.3. The SMILES string of the molecule is CCCCCCCCCCCCCCCCCC[NH2+]CC.CCOS(=O)(=O)[O-]. The topological polar surface area (TPSA) is 83.0 Å². The molecule has 0 aliphatic heterocycles. The lowest BCUT2D eigenvalue weighted by Gasteiger charge is -2.03. The largest absolute Gasteiger partial charge is 0.726 e. The van der Waals surface area contributed by atoms with Gasteiger partial charge in [0.05, 0.1) is 19.7 Å². The lowest BCUT2D eigenvalue weighted by atomic mass is 10.0. The second kappa shape index (κ2) is 24.9. The van der Waals surface area contributed by atoms with Gasteiger partial charge in [-0.15, -0.1) is 0 Å². The third-order valence-corrected chi connectivity index (χ3v) is 5.34. The minimum atomic E-state index is -4.42. The number of hydrogen-bond donors (Lipinski definition) is 1. The van der Waals surface area contributed by atoms with Crippen LogP contribution in [0.15, 0.2) is 0 Å². The predicted molar refractivity (Wildman–Crippen MR) is 118 cm³/mol. The van der Waals surface area contributed by atoms with Gasteiger partial charge >= 0.3 is 0 Å². The fraction of sp³-hybridized carbons (Fsp3) is 1.00. The van der Waals surface area contributed by atoms with Gasteiger partial charge < -0.3 is 9.87 Å². The van der Waals surface area contributed by atoms with Crippen LogP contribution in [0.3, 0.4) is 0 Å². The molecule has 0 unspecified atom stereocenters. The minimum absolute atomic E-state index is 0.0914. The summed E-state index contributed by atoms with van der Waals surface area (Å²) in [6.45, 7) is 8.46. The van der Waals surface area contributed by atoms with Crippen LogP contribution in [0.2, 0.25) is 0 Å². The van der Waals surface area contributed by atoms with Crippen LogP contribution in [0.25, 0.3) is 0 Å². The predicted octanol–water partition coefficient (Wildman–Crippen LogP) is 5.31. The van der Waals surface area contributed by atoms with Gasteiger partial charge in [-0.05, 0) is 26.7 Å². The highest BCUT2D eigenvalue weighted by molar-refractivity contribution is 7.80. The van der Waals surface area contributed by atoms with Crippen molar-refractivity contribution in [2.24, 2.45) is 0 Å². The number of rotatable bonds is 20. The van der Waals surface area contributed by atoms with Gasteiger partial charge in [-0.2, -0.15) is 0 Å². The zero-order valence-corrected chi connectivity index (χ0v) is 19.9. The average Bonchev–Trinajstić information content (AvgIpc) is 2.64. The molecule has 0 saturated carbocycles. The van der Waals surface area contributed by atoms with Crippen LogP contribution in [-0.4, -0.2) is 32.7 Å². The van der Waals surface area contributed by atoms with E-state index in [4.69, 9.17) is 0 Å². The number of hydrogen-bond acceptors (Lipinski definition) is 4. The first-order chi connectivity index (χ1) is 13.5. The number of nitrogens with two attached hydrogens (primary N) is 1. The minimum Gasteiger partial charge on any atom is -0.726 e. The first kappa shape index (κ1) is 30.0. The fourth-order valence-corrected chi connectivity index (χ4v) is 3.47. The monoisotopic (exact) mass is 423 g/mol. The maximum Gasteiger partial charge on any atom is 0.217 e. The molecule has 0 saturated heterocycles. The van der Waals surface area contributed by atoms with Crippen molar-refractivity contribution >= 4 is 10.4 Å². The molecular formula is C22H49NO4S. The van der Waals surface area contributed by atoms with Crippen LogP contribution >= 0.6 is 0 Å². The summed E-state index contributed by atoms with van der Waals surface area (Å²) >= 11 is 0. The zero-order valence-electron chi connectivity index (χ0n) is 19.1. The van der Waals surface area contributed by atoms with Crippen molar-refractivity contribution in [1.29, 1.82) is 0 Å². The molecule has 2 N–H and O–H groups in total. The molecule has 0 bridgehead atoms. The Hall–Kier alpha value is -0.170. The molecule has 0 aromatic carbocycles. The Balaban J connectivity index is 0. The molecule has 6 heteroatoms. The Kier molecular flexibility index (Phi) is 26.7. The van der Waals surface area contributed by atoms with Crippen molar-refractivity contribution in [3.63, 3.8) is 0 Å². The Morgan fingerprint density at radius 2 is 1.00 bits per heavy atom. The second-order valence-electron chi connectivity index (χ2n) is 7.60. The van der Waals surface area contributed by atoms with Crippen molar-refractivity contribution in [3.05, 3.63) is 0 Å². The van der Waals surface area contributed by atoms with Crippen molar-refractivity contribution in [1.82, 2.24) is 0 Å². The third-order valence-electron chi connectivity index (χ3n) is 4.81. The van der Waals surface area contributed by atoms with E-state index in [1.54, 1.807) is 0 Å². The third kappa shape index (κ3) is 33.4. The van der Waals surface area contributed by atoms with E-state index in [0.717, 1.165) is 0 Å². The fourth-order valence-electron chi connectivity index (χ4n) is 3.19. The van der Waals surface area contributed by atoms with E-state index in [1.807, 2.05) is 0 Å². The second-order valence-corrected chi connectivity index (χ2v) is 8.66.